The normalized spacial score (nSPS) is 23.4. The Morgan fingerprint density at radius 3 is 2.82 bits per heavy atom. The number of likely N-dealkylation sites (tertiary alicyclic amines) is 1. The predicted molar refractivity (Wildman–Crippen MR) is 145 cm³/mol. The van der Waals surface area contributed by atoms with Crippen LogP contribution in [0, 0.1) is 0 Å². The van der Waals surface area contributed by atoms with Crippen molar-refractivity contribution in [2.45, 2.75) is 57.3 Å². The van der Waals surface area contributed by atoms with Crippen molar-refractivity contribution in [3.63, 3.8) is 0 Å². The topological polar surface area (TPSA) is 92.7 Å². The Hall–Kier alpha value is -3.53. The van der Waals surface area contributed by atoms with Crippen molar-refractivity contribution in [3.05, 3.63) is 42.2 Å². The SMILES string of the molecule is [2H]C([2H])([2H])O[C@H]1CCN(c2nccc(Nc3cc4c(C(C)C)ccc(OC[C@H]5CCC(=O)N5C)c4cn3)n2)C[C@H]1F. The summed E-state index contributed by atoms with van der Waals surface area (Å²) in [6.45, 7) is 4.97. The summed E-state index contributed by atoms with van der Waals surface area (Å²) in [5.74, 6) is 2.52. The number of fused-ring (bicyclic) bond motifs is 1. The number of hydrogen-bond acceptors (Lipinski definition) is 8. The van der Waals surface area contributed by atoms with Gasteiger partial charge >= 0.3 is 0 Å². The molecule has 9 nitrogen and oxygen atoms in total. The van der Waals surface area contributed by atoms with Crippen LogP contribution >= 0.6 is 0 Å². The Labute approximate surface area is 226 Å². The van der Waals surface area contributed by atoms with Gasteiger partial charge in [-0.1, -0.05) is 19.9 Å². The lowest BCUT2D eigenvalue weighted by Crippen LogP contribution is -2.46. The van der Waals surface area contributed by atoms with E-state index in [2.05, 4.69) is 40.2 Å². The number of halogens is 1. The van der Waals surface area contributed by atoms with Crippen molar-refractivity contribution in [3.8, 4) is 5.75 Å². The van der Waals surface area contributed by atoms with E-state index < -0.39 is 19.3 Å². The minimum atomic E-state index is -2.64. The summed E-state index contributed by atoms with van der Waals surface area (Å²) in [5.41, 5.74) is 1.14. The summed E-state index contributed by atoms with van der Waals surface area (Å²) in [4.78, 5) is 28.8. The Bertz CT molecular complexity index is 1410. The first-order valence-electron chi connectivity index (χ1n) is 14.5. The quantitative estimate of drug-likeness (QED) is 0.461. The van der Waals surface area contributed by atoms with Gasteiger partial charge in [-0.3, -0.25) is 4.79 Å². The second-order valence-electron chi connectivity index (χ2n) is 10.2. The van der Waals surface area contributed by atoms with Crippen LogP contribution in [-0.4, -0.2) is 77.9 Å². The maximum absolute atomic E-state index is 14.7. The molecule has 38 heavy (non-hydrogen) atoms. The molecule has 0 unspecified atom stereocenters. The zero-order chi connectivity index (χ0) is 29.3. The molecule has 2 aliphatic heterocycles. The summed E-state index contributed by atoms with van der Waals surface area (Å²) >= 11 is 0. The van der Waals surface area contributed by atoms with Gasteiger partial charge in [0.15, 0.2) is 0 Å². The number of aromatic nitrogens is 3. The van der Waals surface area contributed by atoms with Gasteiger partial charge in [-0.2, -0.15) is 4.98 Å². The zero-order valence-corrected chi connectivity index (χ0v) is 21.9. The molecule has 2 saturated heterocycles. The highest BCUT2D eigenvalue weighted by molar-refractivity contribution is 5.92. The molecule has 0 bridgehead atoms. The number of piperidine rings is 1. The molecule has 2 aliphatic rings. The molecule has 3 atom stereocenters. The zero-order valence-electron chi connectivity index (χ0n) is 24.9. The van der Waals surface area contributed by atoms with E-state index in [1.54, 1.807) is 28.3 Å². The third-order valence-corrected chi connectivity index (χ3v) is 7.40. The molecule has 2 fully saturated rings. The first kappa shape index (κ1) is 22.5. The number of benzene rings is 1. The molecule has 2 aromatic heterocycles. The van der Waals surface area contributed by atoms with Crippen molar-refractivity contribution < 1.29 is 22.8 Å². The van der Waals surface area contributed by atoms with Gasteiger partial charge in [0.25, 0.3) is 0 Å². The summed E-state index contributed by atoms with van der Waals surface area (Å²) in [5, 5.41) is 5.11. The highest BCUT2D eigenvalue weighted by atomic mass is 19.1. The molecule has 3 aromatic rings. The summed E-state index contributed by atoms with van der Waals surface area (Å²) in [6, 6.07) is 7.74. The number of alkyl halides is 1. The van der Waals surface area contributed by atoms with Crippen LogP contribution in [0.1, 0.15) is 48.7 Å². The highest BCUT2D eigenvalue weighted by Crippen LogP contribution is 2.34. The smallest absolute Gasteiger partial charge is 0.227 e. The van der Waals surface area contributed by atoms with Crippen LogP contribution in [-0.2, 0) is 9.53 Å². The largest absolute Gasteiger partial charge is 0.491 e. The average Bonchev–Trinajstić information content (AvgIpc) is 3.24. The van der Waals surface area contributed by atoms with Gasteiger partial charge in [0.05, 0.1) is 22.8 Å². The van der Waals surface area contributed by atoms with Crippen LogP contribution < -0.4 is 15.0 Å². The number of carbonyl (C=O) groups is 1. The van der Waals surface area contributed by atoms with Crippen LogP contribution in [0.4, 0.5) is 22.0 Å². The number of methoxy groups -OCH3 is 1. The number of rotatable bonds is 8. The van der Waals surface area contributed by atoms with Crippen molar-refractivity contribution in [1.82, 2.24) is 19.9 Å². The molecule has 4 heterocycles. The molecule has 0 spiro atoms. The van der Waals surface area contributed by atoms with Crippen LogP contribution in [0.5, 0.6) is 5.75 Å². The molecule has 5 rings (SSSR count). The summed E-state index contributed by atoms with van der Waals surface area (Å²) in [7, 11) is -0.825. The molecule has 202 valence electrons. The number of anilines is 3. The number of ether oxygens (including phenoxy) is 2. The van der Waals surface area contributed by atoms with Crippen molar-refractivity contribution in [2.24, 2.45) is 0 Å². The van der Waals surface area contributed by atoms with Gasteiger partial charge in [-0.25, -0.2) is 14.4 Å². The van der Waals surface area contributed by atoms with E-state index in [-0.39, 0.29) is 30.8 Å². The van der Waals surface area contributed by atoms with Crippen LogP contribution in [0.25, 0.3) is 10.8 Å². The number of nitrogens with one attached hydrogen (secondary N) is 1. The van der Waals surface area contributed by atoms with Crippen molar-refractivity contribution in [1.29, 1.82) is 0 Å². The number of amides is 1. The number of pyridine rings is 1. The first-order chi connectivity index (χ1) is 19.5. The average molecular weight is 526 g/mol. The van der Waals surface area contributed by atoms with Gasteiger partial charge in [-0.05, 0) is 47.9 Å². The second kappa shape index (κ2) is 11.1. The van der Waals surface area contributed by atoms with Crippen LogP contribution in [0.3, 0.4) is 0 Å². The predicted octanol–water partition coefficient (Wildman–Crippen LogP) is 4.45. The van der Waals surface area contributed by atoms with Gasteiger partial charge < -0.3 is 24.6 Å². The molecular weight excluding hydrogens is 487 g/mol. The Balaban J connectivity index is 1.32. The highest BCUT2D eigenvalue weighted by Gasteiger charge is 2.30. The standard InChI is InChI=1S/C28H35FN6O3/c1-17(2)19-6-7-23(38-16-18-5-8-27(36)34(18)3)21-14-31-26(13-20(19)21)32-25-9-11-30-28(33-25)35-12-10-24(37-4)22(29)15-35/h6-7,9,11,13-14,17-18,22,24H,5,8,10,12,15-16H2,1-4H3,(H,30,31,32,33)/t18-,22-,24+/m1/s1/i4D3. The van der Waals surface area contributed by atoms with E-state index in [0.717, 1.165) is 22.8 Å². The van der Waals surface area contributed by atoms with Crippen LogP contribution in [0.15, 0.2) is 36.7 Å². The Morgan fingerprint density at radius 1 is 1.21 bits per heavy atom. The Kier molecular flexibility index (Phi) is 6.54. The minimum absolute atomic E-state index is 0.0516. The van der Waals surface area contributed by atoms with Gasteiger partial charge in [-0.15, -0.1) is 0 Å². The Morgan fingerprint density at radius 2 is 2.08 bits per heavy atom. The fourth-order valence-electron chi connectivity index (χ4n) is 5.08. The fraction of sp³-hybridized carbons (Fsp3) is 0.500. The lowest BCUT2D eigenvalue weighted by atomic mass is 9.96. The van der Waals surface area contributed by atoms with E-state index >= 15 is 0 Å². The molecule has 0 saturated carbocycles. The van der Waals surface area contributed by atoms with Gasteiger partial charge in [0.2, 0.25) is 11.9 Å². The van der Waals surface area contributed by atoms with Crippen molar-refractivity contribution >= 4 is 34.3 Å². The number of hydrogen-bond donors (Lipinski definition) is 1. The third kappa shape index (κ3) is 5.36. The maximum atomic E-state index is 14.7. The molecule has 1 N–H and O–H groups in total. The monoisotopic (exact) mass is 525 g/mol. The van der Waals surface area contributed by atoms with E-state index in [4.69, 9.17) is 13.6 Å². The maximum Gasteiger partial charge on any atom is 0.227 e. The molecule has 1 amide bonds. The van der Waals surface area contributed by atoms with E-state index in [1.165, 1.54) is 0 Å². The molecule has 0 radical (unpaired) electrons. The number of likely N-dealkylation sites (N-methyl/N-ethyl adjacent to an activating group) is 1. The molecule has 1 aromatic carbocycles. The number of carbonyl (C=O) groups excluding carboxylic acids is 1. The first-order valence-corrected chi connectivity index (χ1v) is 13.0. The lowest BCUT2D eigenvalue weighted by Gasteiger charge is -2.33. The molecule has 10 heteroatoms. The molecule has 0 aliphatic carbocycles. The van der Waals surface area contributed by atoms with Crippen LogP contribution in [0.2, 0.25) is 0 Å². The lowest BCUT2D eigenvalue weighted by molar-refractivity contribution is -0.127. The van der Waals surface area contributed by atoms with E-state index in [1.807, 2.05) is 19.2 Å². The second-order valence-corrected chi connectivity index (χ2v) is 10.2. The summed E-state index contributed by atoms with van der Waals surface area (Å²) < 4.78 is 47.5. The molecular formula is C28H35FN6O3. The minimum Gasteiger partial charge on any atom is -0.491 e. The van der Waals surface area contributed by atoms with E-state index in [9.17, 15) is 9.18 Å². The van der Waals surface area contributed by atoms with Gasteiger partial charge in [0.1, 0.15) is 30.2 Å². The summed E-state index contributed by atoms with van der Waals surface area (Å²) in [6.07, 6.45) is 2.42. The van der Waals surface area contributed by atoms with Crippen molar-refractivity contribution in [2.75, 3.05) is 44.0 Å². The number of nitrogens with zero attached hydrogens (tertiary/aromatic N) is 5. The fourth-order valence-corrected chi connectivity index (χ4v) is 5.08. The van der Waals surface area contributed by atoms with E-state index in [0.29, 0.717) is 42.9 Å². The third-order valence-electron chi connectivity index (χ3n) is 7.40. The van der Waals surface area contributed by atoms with Gasteiger partial charge in [0, 0.05) is 44.8 Å².